The molecule has 0 unspecified atom stereocenters. The summed E-state index contributed by atoms with van der Waals surface area (Å²) in [6.45, 7) is 4.22. The van der Waals surface area contributed by atoms with Gasteiger partial charge in [-0.15, -0.1) is 5.10 Å². The number of hydrogen-bond acceptors (Lipinski definition) is 5. The van der Waals surface area contributed by atoms with Crippen LogP contribution in [0.5, 0.6) is 0 Å². The Labute approximate surface area is 131 Å². The third kappa shape index (κ3) is 3.69. The third-order valence-electron chi connectivity index (χ3n) is 3.73. The molecule has 8 heteroatoms. The molecule has 1 aliphatic heterocycles. The fraction of sp³-hybridized carbons (Fsp3) is 0.400. The lowest BCUT2D eigenvalue weighted by atomic mass is 10.0. The molecular weight excluding hydrogens is 307 g/mol. The molecule has 0 aromatic carbocycles. The molecule has 3 heterocycles. The van der Waals surface area contributed by atoms with Crippen LogP contribution in [0.2, 0.25) is 0 Å². The maximum Gasteiger partial charge on any atom is 0.417 e. The molecule has 0 atom stereocenters. The van der Waals surface area contributed by atoms with Crippen molar-refractivity contribution in [2.75, 3.05) is 29.9 Å². The standard InChI is InChI=1S/C15H16F3N5/c1-10-2-5-14(22-21-10)23-8-11(9-23)6-19-13-4-3-12(7-20-13)15(16,17)18/h2-5,7,11H,6,8-9H2,1H3,(H,19,20). The summed E-state index contributed by atoms with van der Waals surface area (Å²) in [5, 5.41) is 11.2. The normalized spacial score (nSPS) is 15.4. The fourth-order valence-corrected chi connectivity index (χ4v) is 2.36. The van der Waals surface area contributed by atoms with Gasteiger partial charge in [-0.05, 0) is 31.2 Å². The second-order valence-corrected chi connectivity index (χ2v) is 5.61. The van der Waals surface area contributed by atoms with Crippen molar-refractivity contribution in [2.45, 2.75) is 13.1 Å². The van der Waals surface area contributed by atoms with Crippen LogP contribution < -0.4 is 10.2 Å². The first-order valence-corrected chi connectivity index (χ1v) is 7.24. The van der Waals surface area contributed by atoms with Crippen molar-refractivity contribution in [2.24, 2.45) is 5.92 Å². The smallest absolute Gasteiger partial charge is 0.370 e. The van der Waals surface area contributed by atoms with E-state index in [1.54, 1.807) is 0 Å². The highest BCUT2D eigenvalue weighted by atomic mass is 19.4. The summed E-state index contributed by atoms with van der Waals surface area (Å²) < 4.78 is 37.3. The van der Waals surface area contributed by atoms with E-state index < -0.39 is 11.7 Å². The van der Waals surface area contributed by atoms with Crippen LogP contribution in [0.1, 0.15) is 11.3 Å². The molecule has 0 spiro atoms. The minimum atomic E-state index is -4.35. The lowest BCUT2D eigenvalue weighted by molar-refractivity contribution is -0.137. The Morgan fingerprint density at radius 1 is 1.17 bits per heavy atom. The van der Waals surface area contributed by atoms with E-state index in [1.165, 1.54) is 6.07 Å². The molecule has 0 aliphatic carbocycles. The highest BCUT2D eigenvalue weighted by Gasteiger charge is 2.31. The first-order valence-electron chi connectivity index (χ1n) is 7.24. The topological polar surface area (TPSA) is 53.9 Å². The minimum absolute atomic E-state index is 0.405. The second kappa shape index (κ2) is 6.02. The number of aryl methyl sites for hydroxylation is 1. The van der Waals surface area contributed by atoms with Crippen molar-refractivity contribution in [1.82, 2.24) is 15.2 Å². The number of hydrogen-bond donors (Lipinski definition) is 1. The predicted octanol–water partition coefficient (Wildman–Crippen LogP) is 2.75. The zero-order valence-corrected chi connectivity index (χ0v) is 12.5. The van der Waals surface area contributed by atoms with Crippen LogP contribution in [-0.4, -0.2) is 34.8 Å². The van der Waals surface area contributed by atoms with Crippen molar-refractivity contribution in [3.8, 4) is 0 Å². The van der Waals surface area contributed by atoms with Gasteiger partial charge in [-0.25, -0.2) is 4.98 Å². The van der Waals surface area contributed by atoms with Crippen molar-refractivity contribution in [3.63, 3.8) is 0 Å². The van der Waals surface area contributed by atoms with Crippen LogP contribution >= 0.6 is 0 Å². The zero-order chi connectivity index (χ0) is 16.4. The van der Waals surface area contributed by atoms with Crippen molar-refractivity contribution in [1.29, 1.82) is 0 Å². The lowest BCUT2D eigenvalue weighted by Gasteiger charge is -2.40. The van der Waals surface area contributed by atoms with E-state index in [2.05, 4.69) is 25.4 Å². The number of nitrogens with zero attached hydrogens (tertiary/aromatic N) is 4. The second-order valence-electron chi connectivity index (χ2n) is 5.61. The van der Waals surface area contributed by atoms with Crippen molar-refractivity contribution < 1.29 is 13.2 Å². The van der Waals surface area contributed by atoms with Gasteiger partial charge in [0.2, 0.25) is 0 Å². The summed E-state index contributed by atoms with van der Waals surface area (Å²) in [5.41, 5.74) is 0.136. The van der Waals surface area contributed by atoms with Gasteiger partial charge in [0.05, 0.1) is 11.3 Å². The van der Waals surface area contributed by atoms with Gasteiger partial charge >= 0.3 is 6.18 Å². The van der Waals surface area contributed by atoms with Crippen LogP contribution in [-0.2, 0) is 6.18 Å². The lowest BCUT2D eigenvalue weighted by Crippen LogP contribution is -2.50. The number of alkyl halides is 3. The van der Waals surface area contributed by atoms with Crippen LogP contribution in [0, 0.1) is 12.8 Å². The summed E-state index contributed by atoms with van der Waals surface area (Å²) in [6.07, 6.45) is -3.51. The summed E-state index contributed by atoms with van der Waals surface area (Å²) >= 11 is 0. The fourth-order valence-electron chi connectivity index (χ4n) is 2.36. The molecule has 0 amide bonds. The summed E-state index contributed by atoms with van der Waals surface area (Å²) in [6, 6.07) is 6.23. The number of anilines is 2. The molecule has 23 heavy (non-hydrogen) atoms. The van der Waals surface area contributed by atoms with E-state index in [4.69, 9.17) is 0 Å². The number of pyridine rings is 1. The molecule has 0 radical (unpaired) electrons. The number of rotatable bonds is 4. The van der Waals surface area contributed by atoms with E-state index in [-0.39, 0.29) is 0 Å². The first-order chi connectivity index (χ1) is 10.9. The van der Waals surface area contributed by atoms with E-state index in [0.717, 1.165) is 36.9 Å². The SMILES string of the molecule is Cc1ccc(N2CC(CNc3ccc(C(F)(F)F)cn3)C2)nn1. The maximum atomic E-state index is 12.4. The molecule has 2 aromatic heterocycles. The van der Waals surface area contributed by atoms with Gasteiger partial charge in [-0.2, -0.15) is 18.3 Å². The summed E-state index contributed by atoms with van der Waals surface area (Å²) in [4.78, 5) is 5.91. The van der Waals surface area contributed by atoms with Gasteiger partial charge in [0.25, 0.3) is 0 Å². The molecule has 0 saturated carbocycles. The van der Waals surface area contributed by atoms with Crippen LogP contribution in [0.25, 0.3) is 0 Å². The highest BCUT2D eigenvalue weighted by molar-refractivity contribution is 5.42. The van der Waals surface area contributed by atoms with Crippen LogP contribution in [0.4, 0.5) is 24.8 Å². The third-order valence-corrected chi connectivity index (χ3v) is 3.73. The molecule has 2 aromatic rings. The first kappa shape index (κ1) is 15.5. The minimum Gasteiger partial charge on any atom is -0.370 e. The van der Waals surface area contributed by atoms with Gasteiger partial charge < -0.3 is 10.2 Å². The molecule has 5 nitrogen and oxygen atoms in total. The quantitative estimate of drug-likeness (QED) is 0.938. The monoisotopic (exact) mass is 323 g/mol. The molecule has 3 rings (SSSR count). The van der Waals surface area contributed by atoms with Gasteiger partial charge in [0.15, 0.2) is 5.82 Å². The van der Waals surface area contributed by atoms with E-state index >= 15 is 0 Å². The molecule has 0 bridgehead atoms. The Hall–Kier alpha value is -2.38. The number of halogens is 3. The van der Waals surface area contributed by atoms with E-state index in [1.807, 2.05) is 19.1 Å². The Morgan fingerprint density at radius 3 is 2.52 bits per heavy atom. The average molecular weight is 323 g/mol. The average Bonchev–Trinajstić information content (AvgIpc) is 2.47. The number of aromatic nitrogens is 3. The van der Waals surface area contributed by atoms with Crippen molar-refractivity contribution >= 4 is 11.6 Å². The molecule has 1 aliphatic rings. The number of nitrogens with one attached hydrogen (secondary N) is 1. The Balaban J connectivity index is 1.46. The molecular formula is C15H16F3N5. The maximum absolute atomic E-state index is 12.4. The Kier molecular flexibility index (Phi) is 4.06. The molecule has 1 N–H and O–H groups in total. The Bertz CT molecular complexity index is 648. The largest absolute Gasteiger partial charge is 0.417 e. The highest BCUT2D eigenvalue weighted by Crippen LogP contribution is 2.29. The van der Waals surface area contributed by atoms with E-state index in [0.29, 0.717) is 18.3 Å². The molecule has 1 saturated heterocycles. The van der Waals surface area contributed by atoms with E-state index in [9.17, 15) is 13.2 Å². The molecule has 122 valence electrons. The van der Waals surface area contributed by atoms with Gasteiger partial charge in [0, 0.05) is 31.7 Å². The zero-order valence-electron chi connectivity index (χ0n) is 12.5. The summed E-state index contributed by atoms with van der Waals surface area (Å²) in [7, 11) is 0. The molecule has 1 fully saturated rings. The predicted molar refractivity (Wildman–Crippen MR) is 80.2 cm³/mol. The van der Waals surface area contributed by atoms with Gasteiger partial charge in [-0.3, -0.25) is 0 Å². The van der Waals surface area contributed by atoms with Gasteiger partial charge in [-0.1, -0.05) is 0 Å². The van der Waals surface area contributed by atoms with Crippen LogP contribution in [0.3, 0.4) is 0 Å². The summed E-state index contributed by atoms with van der Waals surface area (Å²) in [5.74, 6) is 1.70. The Morgan fingerprint density at radius 2 is 1.96 bits per heavy atom. The van der Waals surface area contributed by atoms with Gasteiger partial charge in [0.1, 0.15) is 5.82 Å². The van der Waals surface area contributed by atoms with Crippen LogP contribution in [0.15, 0.2) is 30.5 Å². The van der Waals surface area contributed by atoms with Crippen molar-refractivity contribution in [3.05, 3.63) is 41.7 Å².